The number of aryl methyl sites for hydroxylation is 1. The van der Waals surface area contributed by atoms with Crippen LogP contribution in [0.25, 0.3) is 0 Å². The molecule has 0 radical (unpaired) electrons. The molecule has 1 aliphatic rings. The summed E-state index contributed by atoms with van der Waals surface area (Å²) in [5.41, 5.74) is 2.50. The third-order valence-corrected chi connectivity index (χ3v) is 7.33. The number of hydrogen-bond acceptors (Lipinski definition) is 5. The van der Waals surface area contributed by atoms with E-state index in [0.29, 0.717) is 34.9 Å². The Balaban J connectivity index is 1.59. The Morgan fingerprint density at radius 3 is 2.73 bits per heavy atom. The predicted octanol–water partition coefficient (Wildman–Crippen LogP) is 3.80. The van der Waals surface area contributed by atoms with Gasteiger partial charge >= 0.3 is 0 Å². The van der Waals surface area contributed by atoms with Crippen molar-refractivity contribution in [2.45, 2.75) is 16.5 Å². The Labute approximate surface area is 184 Å². The van der Waals surface area contributed by atoms with Crippen LogP contribution in [0.4, 0.5) is 11.4 Å². The number of rotatable bonds is 5. The minimum absolute atomic E-state index is 0.292. The third-order valence-electron chi connectivity index (χ3n) is 4.76. The van der Waals surface area contributed by atoms with Crippen molar-refractivity contribution >= 4 is 50.7 Å². The van der Waals surface area contributed by atoms with Crippen molar-refractivity contribution in [3.05, 3.63) is 64.9 Å². The van der Waals surface area contributed by atoms with Crippen LogP contribution in [0, 0.1) is 0 Å². The summed E-state index contributed by atoms with van der Waals surface area (Å²) >= 11 is 7.57. The molecule has 7 nitrogen and oxygen atoms in total. The highest BCUT2D eigenvalue weighted by molar-refractivity contribution is 7.99. The molecule has 0 fully saturated rings. The molecule has 0 aliphatic carbocycles. The topological polar surface area (TPSA) is 84.3 Å². The molecule has 2 heterocycles. The normalized spacial score (nSPS) is 13.4. The van der Waals surface area contributed by atoms with Crippen LogP contribution in [0.15, 0.2) is 58.8 Å². The van der Waals surface area contributed by atoms with E-state index in [-0.39, 0.29) is 5.91 Å². The number of carbonyl (C=O) groups excluding carboxylic acids is 1. The first-order valence-corrected chi connectivity index (χ1v) is 12.1. The quantitative estimate of drug-likeness (QED) is 0.623. The monoisotopic (exact) mass is 462 g/mol. The molecule has 0 saturated heterocycles. The van der Waals surface area contributed by atoms with Gasteiger partial charge in [-0.05, 0) is 60.1 Å². The Morgan fingerprint density at radius 2 is 2.03 bits per heavy atom. The van der Waals surface area contributed by atoms with E-state index in [0.717, 1.165) is 15.6 Å². The van der Waals surface area contributed by atoms with Gasteiger partial charge in [-0.1, -0.05) is 11.6 Å². The molecule has 30 heavy (non-hydrogen) atoms. The number of nitrogens with one attached hydrogen (secondary N) is 1. The number of hydrogen-bond donors (Lipinski definition) is 1. The number of fused-ring (bicyclic) bond motifs is 1. The fraction of sp³-hybridized carbons (Fsp3) is 0.200. The van der Waals surface area contributed by atoms with E-state index in [2.05, 4.69) is 10.3 Å². The summed E-state index contributed by atoms with van der Waals surface area (Å²) in [6, 6.07) is 10.4. The highest BCUT2D eigenvalue weighted by Gasteiger charge is 2.27. The van der Waals surface area contributed by atoms with E-state index in [1.807, 2.05) is 23.9 Å². The molecule has 0 spiro atoms. The average Bonchev–Trinajstić information content (AvgIpc) is 3.29. The Morgan fingerprint density at radius 1 is 1.23 bits per heavy atom. The number of anilines is 2. The van der Waals surface area contributed by atoms with Crippen molar-refractivity contribution in [2.24, 2.45) is 7.05 Å². The van der Waals surface area contributed by atoms with Gasteiger partial charge in [-0.15, -0.1) is 0 Å². The SMILES string of the molecule is Cn1ccnc1Sc1ccc(Cl)cc1NC(=O)c1ccc2c(c1)CCN2S(C)(=O)=O. The fourth-order valence-corrected chi connectivity index (χ4v) is 5.29. The van der Waals surface area contributed by atoms with Gasteiger partial charge in [0, 0.05) is 41.5 Å². The summed E-state index contributed by atoms with van der Waals surface area (Å²) in [6.07, 6.45) is 5.31. The van der Waals surface area contributed by atoms with Gasteiger partial charge in [-0.25, -0.2) is 13.4 Å². The fourth-order valence-electron chi connectivity index (χ4n) is 3.29. The lowest BCUT2D eigenvalue weighted by molar-refractivity contribution is 0.102. The van der Waals surface area contributed by atoms with Crippen molar-refractivity contribution in [1.82, 2.24) is 9.55 Å². The van der Waals surface area contributed by atoms with Crippen LogP contribution in [0.3, 0.4) is 0 Å². The van der Waals surface area contributed by atoms with Gasteiger partial charge in [0.05, 0.1) is 17.6 Å². The van der Waals surface area contributed by atoms with Gasteiger partial charge in [-0.3, -0.25) is 9.10 Å². The summed E-state index contributed by atoms with van der Waals surface area (Å²) < 4.78 is 27.1. The maximum Gasteiger partial charge on any atom is 0.255 e. The van der Waals surface area contributed by atoms with Crippen LogP contribution < -0.4 is 9.62 Å². The number of amides is 1. The van der Waals surface area contributed by atoms with E-state index < -0.39 is 10.0 Å². The van der Waals surface area contributed by atoms with Crippen molar-refractivity contribution in [1.29, 1.82) is 0 Å². The number of benzene rings is 2. The van der Waals surface area contributed by atoms with E-state index in [4.69, 9.17) is 11.6 Å². The van der Waals surface area contributed by atoms with Gasteiger partial charge < -0.3 is 9.88 Å². The lowest BCUT2D eigenvalue weighted by Crippen LogP contribution is -2.27. The molecular weight excluding hydrogens is 444 g/mol. The standard InChI is InChI=1S/C20H19ClN4O3S2/c1-24-10-8-22-20(24)29-18-6-4-15(21)12-16(18)23-19(26)14-3-5-17-13(11-14)7-9-25(17)30(2,27)28/h3-6,8,10-12H,7,9H2,1-2H3,(H,23,26). The van der Waals surface area contributed by atoms with Crippen LogP contribution in [0.5, 0.6) is 0 Å². The zero-order valence-electron chi connectivity index (χ0n) is 16.3. The Kier molecular flexibility index (Phi) is 5.52. The zero-order valence-corrected chi connectivity index (χ0v) is 18.7. The van der Waals surface area contributed by atoms with Crippen LogP contribution in [-0.2, 0) is 23.5 Å². The molecular formula is C20H19ClN4O3S2. The Bertz CT molecular complexity index is 1240. The maximum atomic E-state index is 12.9. The molecule has 1 aliphatic heterocycles. The molecule has 4 rings (SSSR count). The largest absolute Gasteiger partial charge is 0.329 e. The lowest BCUT2D eigenvalue weighted by Gasteiger charge is -2.16. The molecule has 0 saturated carbocycles. The summed E-state index contributed by atoms with van der Waals surface area (Å²) in [7, 11) is -1.43. The molecule has 0 bridgehead atoms. The highest BCUT2D eigenvalue weighted by atomic mass is 35.5. The van der Waals surface area contributed by atoms with Crippen molar-refractivity contribution in [3.8, 4) is 0 Å². The molecule has 156 valence electrons. The minimum Gasteiger partial charge on any atom is -0.329 e. The highest BCUT2D eigenvalue weighted by Crippen LogP contribution is 2.35. The van der Waals surface area contributed by atoms with Gasteiger partial charge in [0.1, 0.15) is 0 Å². The average molecular weight is 463 g/mol. The molecule has 1 amide bonds. The van der Waals surface area contributed by atoms with Crippen LogP contribution >= 0.6 is 23.4 Å². The first-order valence-electron chi connectivity index (χ1n) is 9.09. The first kappa shape index (κ1) is 20.8. The molecule has 1 N–H and O–H groups in total. The maximum absolute atomic E-state index is 12.9. The van der Waals surface area contributed by atoms with Gasteiger partial charge in [0.2, 0.25) is 10.0 Å². The number of imidazole rings is 1. The van der Waals surface area contributed by atoms with E-state index in [1.165, 1.54) is 22.3 Å². The summed E-state index contributed by atoms with van der Waals surface area (Å²) in [4.78, 5) is 18.0. The first-order chi connectivity index (χ1) is 14.2. The van der Waals surface area contributed by atoms with E-state index in [1.54, 1.807) is 36.5 Å². The molecule has 3 aromatic rings. The van der Waals surface area contributed by atoms with Crippen molar-refractivity contribution in [2.75, 3.05) is 22.4 Å². The predicted molar refractivity (Wildman–Crippen MR) is 119 cm³/mol. The smallest absolute Gasteiger partial charge is 0.255 e. The molecule has 1 aromatic heterocycles. The van der Waals surface area contributed by atoms with Crippen LogP contribution in [-0.4, -0.2) is 36.7 Å². The second-order valence-electron chi connectivity index (χ2n) is 6.95. The molecule has 10 heteroatoms. The van der Waals surface area contributed by atoms with E-state index in [9.17, 15) is 13.2 Å². The van der Waals surface area contributed by atoms with Gasteiger partial charge in [0.15, 0.2) is 5.16 Å². The van der Waals surface area contributed by atoms with Crippen LogP contribution in [0.2, 0.25) is 5.02 Å². The van der Waals surface area contributed by atoms with Gasteiger partial charge in [-0.2, -0.15) is 0 Å². The zero-order chi connectivity index (χ0) is 21.5. The summed E-state index contributed by atoms with van der Waals surface area (Å²) in [5.74, 6) is -0.292. The number of halogens is 1. The Hall–Kier alpha value is -2.49. The van der Waals surface area contributed by atoms with Crippen molar-refractivity contribution in [3.63, 3.8) is 0 Å². The second kappa shape index (κ2) is 7.98. The second-order valence-corrected chi connectivity index (χ2v) is 10.3. The number of sulfonamides is 1. The number of aromatic nitrogens is 2. The van der Waals surface area contributed by atoms with Gasteiger partial charge in [0.25, 0.3) is 5.91 Å². The minimum atomic E-state index is -3.33. The lowest BCUT2D eigenvalue weighted by atomic mass is 10.1. The summed E-state index contributed by atoms with van der Waals surface area (Å²) in [5, 5.41) is 4.21. The van der Waals surface area contributed by atoms with Crippen LogP contribution in [0.1, 0.15) is 15.9 Å². The molecule has 2 aromatic carbocycles. The van der Waals surface area contributed by atoms with E-state index >= 15 is 0 Å². The number of carbonyl (C=O) groups is 1. The molecule has 0 unspecified atom stereocenters. The number of nitrogens with zero attached hydrogens (tertiary/aromatic N) is 3. The third kappa shape index (κ3) is 4.19. The van der Waals surface area contributed by atoms with Crippen molar-refractivity contribution < 1.29 is 13.2 Å². The molecule has 0 atom stereocenters. The summed E-state index contributed by atoms with van der Waals surface area (Å²) in [6.45, 7) is 0.387.